The van der Waals surface area contributed by atoms with E-state index in [9.17, 15) is 9.59 Å². The topological polar surface area (TPSA) is 74.3 Å². The maximum atomic E-state index is 13.3. The molecule has 0 amide bonds. The molecule has 1 unspecified atom stereocenters. The summed E-state index contributed by atoms with van der Waals surface area (Å²) in [5.41, 5.74) is 0.608. The average molecular weight is 376 g/mol. The van der Waals surface area contributed by atoms with E-state index in [1.165, 1.54) is 7.11 Å². The summed E-state index contributed by atoms with van der Waals surface area (Å²) in [4.78, 5) is 30.9. The van der Waals surface area contributed by atoms with Crippen molar-refractivity contribution in [2.45, 2.75) is 26.3 Å². The van der Waals surface area contributed by atoms with Crippen molar-refractivity contribution >= 4 is 22.1 Å². The van der Waals surface area contributed by atoms with Crippen LogP contribution in [0.3, 0.4) is 0 Å². The molecule has 0 radical (unpaired) electrons. The van der Waals surface area contributed by atoms with E-state index in [2.05, 4.69) is 4.98 Å². The quantitative estimate of drug-likeness (QED) is 0.508. The number of methoxy groups -OCH3 is 1. The van der Waals surface area contributed by atoms with Gasteiger partial charge in [-0.15, -0.1) is 0 Å². The molecule has 2 heterocycles. The molecule has 2 aromatic carbocycles. The number of aromatic nitrogens is 2. The smallest absolute Gasteiger partial charge is 0.269 e. The molecule has 1 atom stereocenters. The van der Waals surface area contributed by atoms with Crippen molar-refractivity contribution in [2.24, 2.45) is 0 Å². The lowest BCUT2D eigenvalue weighted by atomic mass is 10.1. The third-order valence-electron chi connectivity index (χ3n) is 5.01. The van der Waals surface area contributed by atoms with Crippen LogP contribution in [0.2, 0.25) is 0 Å². The highest BCUT2D eigenvalue weighted by atomic mass is 16.5. The highest BCUT2D eigenvalue weighted by Crippen LogP contribution is 2.23. The maximum Gasteiger partial charge on any atom is 0.269 e. The van der Waals surface area contributed by atoms with E-state index in [1.54, 1.807) is 22.8 Å². The molecule has 0 N–H and O–H groups in total. The Hall–Kier alpha value is -3.41. The van der Waals surface area contributed by atoms with E-state index in [0.29, 0.717) is 29.0 Å². The molecule has 28 heavy (non-hydrogen) atoms. The Labute approximate surface area is 161 Å². The van der Waals surface area contributed by atoms with Gasteiger partial charge in [-0.25, -0.2) is 0 Å². The van der Waals surface area contributed by atoms with E-state index in [4.69, 9.17) is 9.15 Å². The highest BCUT2D eigenvalue weighted by molar-refractivity contribution is 5.88. The molecular weight excluding hydrogens is 356 g/mol. The minimum atomic E-state index is -0.385. The molecule has 0 aliphatic rings. The van der Waals surface area contributed by atoms with Gasteiger partial charge in [-0.3, -0.25) is 14.2 Å². The van der Waals surface area contributed by atoms with Crippen LogP contribution in [0, 0.1) is 0 Å². The number of rotatable bonds is 4. The van der Waals surface area contributed by atoms with E-state index in [0.717, 1.165) is 5.56 Å². The van der Waals surface area contributed by atoms with Crippen LogP contribution in [-0.2, 0) is 6.42 Å². The molecule has 6 nitrogen and oxygen atoms in total. The second kappa shape index (κ2) is 6.96. The van der Waals surface area contributed by atoms with Crippen LogP contribution >= 0.6 is 0 Å². The molecule has 0 bridgehead atoms. The number of aryl methyl sites for hydroxylation is 1. The Kier molecular flexibility index (Phi) is 4.47. The lowest BCUT2D eigenvalue weighted by Crippen LogP contribution is -2.31. The van der Waals surface area contributed by atoms with Gasteiger partial charge in [0.1, 0.15) is 17.2 Å². The predicted octanol–water partition coefficient (Wildman–Crippen LogP) is 3.68. The molecule has 4 rings (SSSR count). The summed E-state index contributed by atoms with van der Waals surface area (Å²) in [7, 11) is 1.54. The molecule has 0 spiro atoms. The van der Waals surface area contributed by atoms with Gasteiger partial charge < -0.3 is 9.15 Å². The summed E-state index contributed by atoms with van der Waals surface area (Å²) >= 11 is 0. The zero-order valence-corrected chi connectivity index (χ0v) is 15.9. The molecule has 6 heteroatoms. The fourth-order valence-electron chi connectivity index (χ4n) is 3.49. The number of hydrogen-bond acceptors (Lipinski definition) is 5. The Bertz CT molecular complexity index is 1290. The van der Waals surface area contributed by atoms with Crippen molar-refractivity contribution in [3.8, 4) is 5.75 Å². The van der Waals surface area contributed by atoms with E-state index >= 15 is 0 Å². The second-order valence-corrected chi connectivity index (χ2v) is 6.62. The number of nitrogens with zero attached hydrogens (tertiary/aromatic N) is 2. The van der Waals surface area contributed by atoms with Crippen LogP contribution in [0.4, 0.5) is 0 Å². The van der Waals surface area contributed by atoms with Crippen molar-refractivity contribution in [3.63, 3.8) is 0 Å². The lowest BCUT2D eigenvalue weighted by Gasteiger charge is -2.19. The van der Waals surface area contributed by atoms with Crippen molar-refractivity contribution < 1.29 is 9.15 Å². The van der Waals surface area contributed by atoms with Gasteiger partial charge in [0.05, 0.1) is 18.5 Å². The van der Waals surface area contributed by atoms with Crippen molar-refractivity contribution in [3.05, 3.63) is 80.5 Å². The minimum absolute atomic E-state index is 0.0300. The van der Waals surface area contributed by atoms with E-state index in [-0.39, 0.29) is 28.1 Å². The largest absolute Gasteiger partial charge is 0.497 e. The molecule has 0 aliphatic carbocycles. The standard InChI is InChI=1S/C22H20N2O4/c1-4-18-23-21-19(20(25)16-11-10-15(27-3)12-17(16)28-21)22(26)24(18)13(2)14-8-6-5-7-9-14/h5-13H,4H2,1-3H3. The SMILES string of the molecule is CCc1nc2oc3cc(OC)ccc3c(=O)c2c(=O)n1C(C)c1ccccc1. The first kappa shape index (κ1) is 18.0. The van der Waals surface area contributed by atoms with Crippen LogP contribution in [-0.4, -0.2) is 16.7 Å². The molecule has 0 saturated heterocycles. The summed E-state index contributed by atoms with van der Waals surface area (Å²) in [5, 5.41) is 0.299. The minimum Gasteiger partial charge on any atom is -0.497 e. The van der Waals surface area contributed by atoms with Gasteiger partial charge >= 0.3 is 0 Å². The van der Waals surface area contributed by atoms with Crippen LogP contribution in [0.1, 0.15) is 31.3 Å². The Morgan fingerprint density at radius 1 is 1.14 bits per heavy atom. The van der Waals surface area contributed by atoms with E-state index < -0.39 is 0 Å². The molecule has 0 saturated carbocycles. The Morgan fingerprint density at radius 3 is 2.57 bits per heavy atom. The zero-order valence-electron chi connectivity index (χ0n) is 15.9. The fraction of sp³-hybridized carbons (Fsp3) is 0.227. The zero-order chi connectivity index (χ0) is 19.8. The monoisotopic (exact) mass is 376 g/mol. The van der Waals surface area contributed by atoms with Crippen LogP contribution in [0.15, 0.2) is 62.5 Å². The highest BCUT2D eigenvalue weighted by Gasteiger charge is 2.21. The summed E-state index contributed by atoms with van der Waals surface area (Å²) < 4.78 is 12.6. The summed E-state index contributed by atoms with van der Waals surface area (Å²) in [6, 6.07) is 14.3. The molecular formula is C22H20N2O4. The third-order valence-corrected chi connectivity index (χ3v) is 5.01. The predicted molar refractivity (Wildman–Crippen MR) is 108 cm³/mol. The molecule has 0 fully saturated rings. The van der Waals surface area contributed by atoms with Gasteiger partial charge in [0.2, 0.25) is 11.1 Å². The average Bonchev–Trinajstić information content (AvgIpc) is 2.73. The van der Waals surface area contributed by atoms with Crippen LogP contribution < -0.4 is 15.7 Å². The molecule has 2 aromatic heterocycles. The van der Waals surface area contributed by atoms with Gasteiger partial charge in [0.25, 0.3) is 5.56 Å². The third kappa shape index (κ3) is 2.78. The van der Waals surface area contributed by atoms with Crippen LogP contribution in [0.25, 0.3) is 22.1 Å². The van der Waals surface area contributed by atoms with Gasteiger partial charge in [0, 0.05) is 12.5 Å². The van der Waals surface area contributed by atoms with Crippen LogP contribution in [0.5, 0.6) is 5.75 Å². The molecule has 0 aliphatic heterocycles. The molecule has 142 valence electrons. The second-order valence-electron chi connectivity index (χ2n) is 6.62. The fourth-order valence-corrected chi connectivity index (χ4v) is 3.49. The lowest BCUT2D eigenvalue weighted by molar-refractivity contribution is 0.414. The molecule has 4 aromatic rings. The Balaban J connectivity index is 2.06. The van der Waals surface area contributed by atoms with E-state index in [1.807, 2.05) is 44.2 Å². The number of benzene rings is 2. The Morgan fingerprint density at radius 2 is 1.89 bits per heavy atom. The summed E-state index contributed by atoms with van der Waals surface area (Å²) in [5.74, 6) is 1.14. The summed E-state index contributed by atoms with van der Waals surface area (Å²) in [6.07, 6.45) is 0.530. The van der Waals surface area contributed by atoms with Gasteiger partial charge in [-0.05, 0) is 24.6 Å². The normalized spacial score (nSPS) is 12.4. The van der Waals surface area contributed by atoms with Crippen molar-refractivity contribution in [2.75, 3.05) is 7.11 Å². The van der Waals surface area contributed by atoms with Gasteiger partial charge in [-0.1, -0.05) is 37.3 Å². The maximum absolute atomic E-state index is 13.3. The number of ether oxygens (including phenoxy) is 1. The first-order valence-electron chi connectivity index (χ1n) is 9.16. The summed E-state index contributed by atoms with van der Waals surface area (Å²) in [6.45, 7) is 3.85. The van der Waals surface area contributed by atoms with Crippen molar-refractivity contribution in [1.82, 2.24) is 9.55 Å². The number of fused-ring (bicyclic) bond motifs is 2. The van der Waals surface area contributed by atoms with Gasteiger partial charge in [0.15, 0.2) is 5.39 Å². The first-order chi connectivity index (χ1) is 13.5. The van der Waals surface area contributed by atoms with Crippen molar-refractivity contribution in [1.29, 1.82) is 0 Å². The van der Waals surface area contributed by atoms with Gasteiger partial charge in [-0.2, -0.15) is 4.98 Å². The number of hydrogen-bond donors (Lipinski definition) is 0. The first-order valence-corrected chi connectivity index (χ1v) is 9.16.